The van der Waals surface area contributed by atoms with Gasteiger partial charge in [0.1, 0.15) is 5.75 Å². The molecule has 2 aromatic rings. The Morgan fingerprint density at radius 2 is 1.65 bits per heavy atom. The van der Waals surface area contributed by atoms with Crippen LogP contribution in [0.25, 0.3) is 0 Å². The molecule has 0 spiro atoms. The summed E-state index contributed by atoms with van der Waals surface area (Å²) in [5.74, 6) is -1.05. The van der Waals surface area contributed by atoms with Gasteiger partial charge < -0.3 is 9.80 Å². The average molecular weight is 439 g/mol. The Bertz CT molecular complexity index is 865. The topological polar surface area (TPSA) is 57.7 Å². The van der Waals surface area contributed by atoms with Crippen molar-refractivity contribution in [3.63, 3.8) is 0 Å². The van der Waals surface area contributed by atoms with Gasteiger partial charge in [-0.1, -0.05) is 40.2 Å². The third-order valence-corrected chi connectivity index (χ3v) is 5.87. The number of halogens is 1. The summed E-state index contributed by atoms with van der Waals surface area (Å²) in [6.07, 6.45) is 0. The van der Waals surface area contributed by atoms with E-state index < -0.39 is 21.5 Å². The van der Waals surface area contributed by atoms with Crippen molar-refractivity contribution in [2.45, 2.75) is 12.3 Å². The van der Waals surface area contributed by atoms with Gasteiger partial charge in [0.05, 0.1) is 5.75 Å². The van der Waals surface area contributed by atoms with Gasteiger partial charge >= 0.3 is 0 Å². The summed E-state index contributed by atoms with van der Waals surface area (Å²) in [7, 11) is 2.02. The molecule has 140 valence electrons. The highest BCUT2D eigenvalue weighted by molar-refractivity contribution is 9.10. The van der Waals surface area contributed by atoms with Crippen molar-refractivity contribution in [1.82, 2.24) is 4.90 Å². The van der Waals surface area contributed by atoms with Crippen LogP contribution in [0.2, 0.25) is 0 Å². The second kappa shape index (κ2) is 8.68. The lowest BCUT2D eigenvalue weighted by molar-refractivity contribution is -0.127. The summed E-state index contributed by atoms with van der Waals surface area (Å²) in [5, 5.41) is 0. The molecule has 26 heavy (non-hydrogen) atoms. The number of hydrogen-bond acceptors (Lipinski definition) is 4. The molecule has 5 nitrogen and oxygen atoms in total. The first-order chi connectivity index (χ1) is 12.2. The molecule has 0 fully saturated rings. The smallest absolute Gasteiger partial charge is 0.237 e. The number of benzene rings is 2. The third-order valence-electron chi connectivity index (χ3n) is 3.92. The second-order valence-electron chi connectivity index (χ2n) is 6.47. The van der Waals surface area contributed by atoms with Crippen molar-refractivity contribution < 1.29 is 13.2 Å². The van der Waals surface area contributed by atoms with E-state index in [-0.39, 0.29) is 5.75 Å². The van der Waals surface area contributed by atoms with E-state index in [1.54, 1.807) is 25.2 Å². The molecule has 0 aliphatic carbocycles. The molecule has 2 aromatic carbocycles. The molecule has 0 heterocycles. The molecule has 0 aromatic heterocycles. The SMILES string of the molecule is CN(Cc1ccc(N(C)C)cc1)C(=O)CS(=O)(=O)Cc1cccc(Br)c1. The third kappa shape index (κ3) is 6.14. The van der Waals surface area contributed by atoms with E-state index in [9.17, 15) is 13.2 Å². The molecular weight excluding hydrogens is 416 g/mol. The monoisotopic (exact) mass is 438 g/mol. The molecule has 0 bridgehead atoms. The first-order valence-corrected chi connectivity index (χ1v) is 10.7. The summed E-state index contributed by atoms with van der Waals surface area (Å²) in [6, 6.07) is 14.9. The summed E-state index contributed by atoms with van der Waals surface area (Å²) >= 11 is 3.32. The zero-order chi connectivity index (χ0) is 19.3. The molecule has 0 N–H and O–H groups in total. The van der Waals surface area contributed by atoms with Gasteiger partial charge in [-0.3, -0.25) is 4.79 Å². The van der Waals surface area contributed by atoms with Gasteiger partial charge in [-0.25, -0.2) is 8.42 Å². The standard InChI is InChI=1S/C19H23BrN2O3S/c1-21(2)18-9-7-15(8-10-18)12-22(3)19(23)14-26(24,25)13-16-5-4-6-17(20)11-16/h4-11H,12-14H2,1-3H3. The minimum absolute atomic E-state index is 0.149. The van der Waals surface area contributed by atoms with Crippen LogP contribution in [0.5, 0.6) is 0 Å². The Morgan fingerprint density at radius 1 is 1.00 bits per heavy atom. The number of rotatable bonds is 7. The zero-order valence-corrected chi connectivity index (χ0v) is 17.5. The van der Waals surface area contributed by atoms with E-state index in [4.69, 9.17) is 0 Å². The van der Waals surface area contributed by atoms with Crippen LogP contribution in [0.4, 0.5) is 5.69 Å². The predicted molar refractivity (Wildman–Crippen MR) is 109 cm³/mol. The Labute approximate surface area is 163 Å². The molecule has 7 heteroatoms. The molecule has 0 atom stereocenters. The van der Waals surface area contributed by atoms with Crippen LogP contribution in [0.15, 0.2) is 53.0 Å². The van der Waals surface area contributed by atoms with Gasteiger partial charge in [0.25, 0.3) is 0 Å². The Kier molecular flexibility index (Phi) is 6.83. The molecule has 0 aliphatic heterocycles. The largest absolute Gasteiger partial charge is 0.378 e. The molecule has 1 amide bonds. The van der Waals surface area contributed by atoms with Crippen molar-refractivity contribution in [2.24, 2.45) is 0 Å². The maximum atomic E-state index is 12.3. The molecule has 2 rings (SSSR count). The van der Waals surface area contributed by atoms with E-state index in [0.29, 0.717) is 12.1 Å². The fourth-order valence-electron chi connectivity index (χ4n) is 2.49. The number of anilines is 1. The highest BCUT2D eigenvalue weighted by Gasteiger charge is 2.20. The van der Waals surface area contributed by atoms with Gasteiger partial charge in [0.2, 0.25) is 5.91 Å². The van der Waals surface area contributed by atoms with Crippen molar-refractivity contribution in [3.8, 4) is 0 Å². The van der Waals surface area contributed by atoms with Gasteiger partial charge in [-0.05, 0) is 35.4 Å². The maximum absolute atomic E-state index is 12.3. The quantitative estimate of drug-likeness (QED) is 0.666. The second-order valence-corrected chi connectivity index (χ2v) is 9.45. The fourth-order valence-corrected chi connectivity index (χ4v) is 4.32. The molecule has 0 saturated carbocycles. The molecule has 0 aliphatic rings. The zero-order valence-electron chi connectivity index (χ0n) is 15.1. The molecule has 0 saturated heterocycles. The number of sulfone groups is 1. The van der Waals surface area contributed by atoms with Crippen LogP contribution in [-0.2, 0) is 26.9 Å². The molecular formula is C19H23BrN2O3S. The van der Waals surface area contributed by atoms with Crippen LogP contribution in [0.1, 0.15) is 11.1 Å². The Hall–Kier alpha value is -1.86. The minimum Gasteiger partial charge on any atom is -0.378 e. The van der Waals surface area contributed by atoms with Gasteiger partial charge in [-0.2, -0.15) is 0 Å². The van der Waals surface area contributed by atoms with Crippen LogP contribution in [0, 0.1) is 0 Å². The van der Waals surface area contributed by atoms with E-state index in [0.717, 1.165) is 15.7 Å². The number of hydrogen-bond donors (Lipinski definition) is 0. The van der Waals surface area contributed by atoms with Gasteiger partial charge in [0, 0.05) is 37.8 Å². The molecule has 0 unspecified atom stereocenters. The normalized spacial score (nSPS) is 11.2. The van der Waals surface area contributed by atoms with Crippen LogP contribution < -0.4 is 4.90 Å². The summed E-state index contributed by atoms with van der Waals surface area (Å²) < 4.78 is 25.5. The summed E-state index contributed by atoms with van der Waals surface area (Å²) in [6.45, 7) is 0.374. The summed E-state index contributed by atoms with van der Waals surface area (Å²) in [5.41, 5.74) is 2.68. The average Bonchev–Trinajstić information content (AvgIpc) is 2.54. The van der Waals surface area contributed by atoms with Gasteiger partial charge in [0.15, 0.2) is 9.84 Å². The highest BCUT2D eigenvalue weighted by atomic mass is 79.9. The lowest BCUT2D eigenvalue weighted by Gasteiger charge is -2.18. The van der Waals surface area contributed by atoms with E-state index in [2.05, 4.69) is 15.9 Å². The van der Waals surface area contributed by atoms with Gasteiger partial charge in [-0.15, -0.1) is 0 Å². The Morgan fingerprint density at radius 3 is 2.23 bits per heavy atom. The van der Waals surface area contributed by atoms with Crippen LogP contribution in [-0.4, -0.2) is 46.1 Å². The van der Waals surface area contributed by atoms with Crippen molar-refractivity contribution in [1.29, 1.82) is 0 Å². The van der Waals surface area contributed by atoms with Crippen molar-refractivity contribution in [3.05, 3.63) is 64.1 Å². The fraction of sp³-hybridized carbons (Fsp3) is 0.316. The molecule has 0 radical (unpaired) electrons. The van der Waals surface area contributed by atoms with E-state index in [1.165, 1.54) is 4.90 Å². The number of nitrogens with zero attached hydrogens (tertiary/aromatic N) is 2. The number of carbonyl (C=O) groups excluding carboxylic acids is 1. The number of amides is 1. The van der Waals surface area contributed by atoms with Crippen molar-refractivity contribution in [2.75, 3.05) is 31.8 Å². The van der Waals surface area contributed by atoms with Crippen LogP contribution in [0.3, 0.4) is 0 Å². The first-order valence-electron chi connectivity index (χ1n) is 8.11. The van der Waals surface area contributed by atoms with Crippen molar-refractivity contribution >= 4 is 37.4 Å². The van der Waals surface area contributed by atoms with E-state index in [1.807, 2.05) is 49.3 Å². The highest BCUT2D eigenvalue weighted by Crippen LogP contribution is 2.16. The number of carbonyl (C=O) groups is 1. The Balaban J connectivity index is 1.97. The lowest BCUT2D eigenvalue weighted by Crippen LogP contribution is -2.32. The first kappa shape index (κ1) is 20.5. The van der Waals surface area contributed by atoms with Crippen LogP contribution >= 0.6 is 15.9 Å². The lowest BCUT2D eigenvalue weighted by atomic mass is 10.2. The predicted octanol–water partition coefficient (Wildman–Crippen LogP) is 3.09. The maximum Gasteiger partial charge on any atom is 0.237 e. The minimum atomic E-state index is -3.52. The summed E-state index contributed by atoms with van der Waals surface area (Å²) in [4.78, 5) is 15.8. The van der Waals surface area contributed by atoms with E-state index >= 15 is 0 Å².